The van der Waals surface area contributed by atoms with Crippen molar-refractivity contribution in [3.8, 4) is 0 Å². The number of carbonyl (C=O) groups excluding carboxylic acids is 1. The van der Waals surface area contributed by atoms with E-state index < -0.39 is 0 Å². The summed E-state index contributed by atoms with van der Waals surface area (Å²) in [5, 5.41) is 8.02. The molecule has 1 aromatic carbocycles. The third-order valence-corrected chi connectivity index (χ3v) is 5.84. The van der Waals surface area contributed by atoms with Crippen LogP contribution in [0.4, 0.5) is 0 Å². The Labute approximate surface area is 179 Å². The molecule has 0 saturated carbocycles. The second-order valence-corrected chi connectivity index (χ2v) is 9.18. The number of aromatic nitrogens is 2. The van der Waals surface area contributed by atoms with Gasteiger partial charge in [0.25, 0.3) is 5.91 Å². The van der Waals surface area contributed by atoms with Crippen LogP contribution in [0.15, 0.2) is 30.3 Å². The first-order chi connectivity index (χ1) is 13.9. The van der Waals surface area contributed by atoms with E-state index in [0.29, 0.717) is 17.5 Å². The molecule has 0 spiro atoms. The topological polar surface area (TPSA) is 52.2 Å². The summed E-state index contributed by atoms with van der Waals surface area (Å²) in [4.78, 5) is 17.1. The molecule has 1 aliphatic heterocycles. The van der Waals surface area contributed by atoms with E-state index in [-0.39, 0.29) is 5.91 Å². The quantitative estimate of drug-likeness (QED) is 0.698. The van der Waals surface area contributed by atoms with Crippen LogP contribution < -0.4 is 0 Å². The predicted octanol–water partition coefficient (Wildman–Crippen LogP) is 4.29. The standard InChI is InChI=1S/C23H33ClN4O/c1-17(2)13-21-14-22(26-25-21)23(29)27(3)15-19-5-4-11-28(16-19)12-10-18-6-8-20(24)9-7-18/h6-9,14,17,19H,4-5,10-13,15-16H2,1-3H3,(H,25,26)/t19-/m1/s1. The van der Waals surface area contributed by atoms with Crippen molar-refractivity contribution in [1.29, 1.82) is 0 Å². The Morgan fingerprint density at radius 2 is 2.10 bits per heavy atom. The fourth-order valence-electron chi connectivity index (χ4n) is 4.12. The van der Waals surface area contributed by atoms with Gasteiger partial charge in [-0.25, -0.2) is 0 Å². The molecule has 1 amide bonds. The fourth-order valence-corrected chi connectivity index (χ4v) is 4.25. The first-order valence-electron chi connectivity index (χ1n) is 10.7. The monoisotopic (exact) mass is 416 g/mol. The van der Waals surface area contributed by atoms with Crippen LogP contribution >= 0.6 is 11.6 Å². The van der Waals surface area contributed by atoms with Gasteiger partial charge in [-0.05, 0) is 67.8 Å². The van der Waals surface area contributed by atoms with Crippen LogP contribution in [0.25, 0.3) is 0 Å². The van der Waals surface area contributed by atoms with Crippen molar-refractivity contribution < 1.29 is 4.79 Å². The van der Waals surface area contributed by atoms with Crippen LogP contribution in [0.1, 0.15) is 48.4 Å². The third kappa shape index (κ3) is 6.58. The highest BCUT2D eigenvalue weighted by molar-refractivity contribution is 6.30. The van der Waals surface area contributed by atoms with E-state index in [1.807, 2.05) is 30.1 Å². The van der Waals surface area contributed by atoms with E-state index in [0.717, 1.165) is 49.7 Å². The minimum Gasteiger partial charge on any atom is -0.340 e. The summed E-state index contributed by atoms with van der Waals surface area (Å²) in [5.41, 5.74) is 2.88. The number of aromatic amines is 1. The lowest BCUT2D eigenvalue weighted by molar-refractivity contribution is 0.0724. The van der Waals surface area contributed by atoms with Crippen LogP contribution in [-0.2, 0) is 12.8 Å². The molecule has 158 valence electrons. The smallest absolute Gasteiger partial charge is 0.274 e. The molecule has 6 heteroatoms. The van der Waals surface area contributed by atoms with Crippen molar-refractivity contribution >= 4 is 17.5 Å². The van der Waals surface area contributed by atoms with Gasteiger partial charge in [-0.1, -0.05) is 37.6 Å². The van der Waals surface area contributed by atoms with Gasteiger partial charge in [0.15, 0.2) is 0 Å². The van der Waals surface area contributed by atoms with Crippen molar-refractivity contribution in [2.24, 2.45) is 11.8 Å². The summed E-state index contributed by atoms with van der Waals surface area (Å²) in [6, 6.07) is 10.0. The number of hydrogen-bond acceptors (Lipinski definition) is 3. The van der Waals surface area contributed by atoms with Crippen molar-refractivity contribution in [3.63, 3.8) is 0 Å². The molecule has 0 bridgehead atoms. The molecule has 1 aliphatic rings. The maximum atomic E-state index is 12.8. The number of nitrogens with zero attached hydrogens (tertiary/aromatic N) is 3. The van der Waals surface area contributed by atoms with Gasteiger partial charge in [-0.3, -0.25) is 9.89 Å². The van der Waals surface area contributed by atoms with Crippen molar-refractivity contribution in [1.82, 2.24) is 20.0 Å². The molecule has 1 atom stereocenters. The molecule has 0 radical (unpaired) electrons. The molecule has 2 aromatic rings. The molecule has 5 nitrogen and oxygen atoms in total. The van der Waals surface area contributed by atoms with E-state index >= 15 is 0 Å². The number of piperidine rings is 1. The summed E-state index contributed by atoms with van der Waals surface area (Å²) in [6.45, 7) is 8.34. The zero-order chi connectivity index (χ0) is 20.8. The number of hydrogen-bond donors (Lipinski definition) is 1. The normalized spacial score (nSPS) is 17.6. The Kier molecular flexibility index (Phi) is 7.73. The number of halogens is 1. The van der Waals surface area contributed by atoms with Gasteiger partial charge in [-0.15, -0.1) is 0 Å². The first-order valence-corrected chi connectivity index (χ1v) is 11.0. The third-order valence-electron chi connectivity index (χ3n) is 5.59. The Bertz CT molecular complexity index is 786. The SMILES string of the molecule is CC(C)Cc1cc(C(=O)N(C)C[C@H]2CCCN(CCc3ccc(Cl)cc3)C2)n[nH]1. The second kappa shape index (κ2) is 10.3. The molecule has 3 rings (SSSR count). The number of amides is 1. The number of nitrogens with one attached hydrogen (secondary N) is 1. The van der Waals surface area contributed by atoms with Crippen LogP contribution in [0.3, 0.4) is 0 Å². The summed E-state index contributed by atoms with van der Waals surface area (Å²) in [6.07, 6.45) is 4.31. The number of carbonyl (C=O) groups is 1. The van der Waals surface area contributed by atoms with E-state index in [1.54, 1.807) is 0 Å². The molecule has 1 saturated heterocycles. The van der Waals surface area contributed by atoms with Gasteiger partial charge in [0.1, 0.15) is 5.69 Å². The minimum atomic E-state index is 0.00884. The van der Waals surface area contributed by atoms with E-state index in [9.17, 15) is 4.79 Å². The van der Waals surface area contributed by atoms with Crippen LogP contribution in [0.2, 0.25) is 5.02 Å². The highest BCUT2D eigenvalue weighted by Crippen LogP contribution is 2.19. The van der Waals surface area contributed by atoms with Gasteiger partial charge < -0.3 is 9.80 Å². The molecule has 2 heterocycles. The van der Waals surface area contributed by atoms with Gasteiger partial charge >= 0.3 is 0 Å². The highest BCUT2D eigenvalue weighted by atomic mass is 35.5. The highest BCUT2D eigenvalue weighted by Gasteiger charge is 2.24. The number of likely N-dealkylation sites (tertiary alicyclic amines) is 1. The van der Waals surface area contributed by atoms with Gasteiger partial charge in [0, 0.05) is 37.4 Å². The van der Waals surface area contributed by atoms with Gasteiger partial charge in [-0.2, -0.15) is 5.10 Å². The predicted molar refractivity (Wildman–Crippen MR) is 118 cm³/mol. The number of benzene rings is 1. The maximum absolute atomic E-state index is 12.8. The molecule has 0 unspecified atom stereocenters. The minimum absolute atomic E-state index is 0.00884. The molecular weight excluding hydrogens is 384 g/mol. The van der Waals surface area contributed by atoms with Crippen molar-refractivity contribution in [3.05, 3.63) is 52.3 Å². The lowest BCUT2D eigenvalue weighted by Crippen LogP contribution is -2.42. The van der Waals surface area contributed by atoms with Gasteiger partial charge in [0.05, 0.1) is 0 Å². The molecule has 29 heavy (non-hydrogen) atoms. The zero-order valence-electron chi connectivity index (χ0n) is 17.8. The Hall–Kier alpha value is -1.85. The lowest BCUT2D eigenvalue weighted by atomic mass is 9.97. The molecule has 1 aromatic heterocycles. The molecule has 0 aliphatic carbocycles. The molecular formula is C23H33ClN4O. The summed E-state index contributed by atoms with van der Waals surface area (Å²) in [7, 11) is 1.89. The number of H-pyrrole nitrogens is 1. The van der Waals surface area contributed by atoms with Crippen molar-refractivity contribution in [2.75, 3.05) is 33.2 Å². The summed E-state index contributed by atoms with van der Waals surface area (Å²) in [5.74, 6) is 1.06. The Morgan fingerprint density at radius 1 is 1.34 bits per heavy atom. The summed E-state index contributed by atoms with van der Waals surface area (Å²) >= 11 is 5.97. The van der Waals surface area contributed by atoms with Crippen LogP contribution in [-0.4, -0.2) is 59.1 Å². The molecule has 1 fully saturated rings. The molecule has 1 N–H and O–H groups in total. The second-order valence-electron chi connectivity index (χ2n) is 8.75. The first kappa shape index (κ1) is 21.8. The van der Waals surface area contributed by atoms with E-state index in [2.05, 4.69) is 41.1 Å². The number of rotatable bonds is 8. The lowest BCUT2D eigenvalue weighted by Gasteiger charge is -2.34. The maximum Gasteiger partial charge on any atom is 0.274 e. The van der Waals surface area contributed by atoms with Gasteiger partial charge in [0.2, 0.25) is 0 Å². The summed E-state index contributed by atoms with van der Waals surface area (Å²) < 4.78 is 0. The van der Waals surface area contributed by atoms with E-state index in [4.69, 9.17) is 11.6 Å². The largest absolute Gasteiger partial charge is 0.340 e. The average molecular weight is 417 g/mol. The fraction of sp³-hybridized carbons (Fsp3) is 0.565. The van der Waals surface area contributed by atoms with Crippen LogP contribution in [0, 0.1) is 11.8 Å². The Balaban J connectivity index is 1.48. The average Bonchev–Trinajstić information content (AvgIpc) is 3.15. The van der Waals surface area contributed by atoms with Crippen LogP contribution in [0.5, 0.6) is 0 Å². The van der Waals surface area contributed by atoms with Crippen molar-refractivity contribution in [2.45, 2.75) is 39.5 Å². The Morgan fingerprint density at radius 3 is 2.83 bits per heavy atom. The van der Waals surface area contributed by atoms with E-state index in [1.165, 1.54) is 18.4 Å². The zero-order valence-corrected chi connectivity index (χ0v) is 18.6.